The molecule has 0 radical (unpaired) electrons. The van der Waals surface area contributed by atoms with E-state index < -0.39 is 18.2 Å². The predicted molar refractivity (Wildman–Crippen MR) is 245 cm³/mol. The summed E-state index contributed by atoms with van der Waals surface area (Å²) in [4.78, 5) is 26.0. The summed E-state index contributed by atoms with van der Waals surface area (Å²) in [5, 5.41) is 23.6. The van der Waals surface area contributed by atoms with Crippen LogP contribution in [-0.2, 0) is 14.3 Å². The van der Waals surface area contributed by atoms with E-state index in [0.717, 1.165) is 89.9 Å². The molecule has 0 rings (SSSR count). The number of rotatable bonds is 40. The molecule has 0 spiro atoms. The van der Waals surface area contributed by atoms with Gasteiger partial charge in [-0.2, -0.15) is 0 Å². The van der Waals surface area contributed by atoms with E-state index in [0.29, 0.717) is 19.3 Å². The molecule has 0 bridgehead atoms. The number of carbonyl (C=O) groups excluding carboxylic acids is 2. The van der Waals surface area contributed by atoms with E-state index in [-0.39, 0.29) is 31.3 Å². The lowest BCUT2D eigenvalue weighted by Crippen LogP contribution is -2.46. The second kappa shape index (κ2) is 44.1. The number of hydrogen-bond donors (Lipinski definition) is 3. The van der Waals surface area contributed by atoms with Crippen LogP contribution in [0.4, 0.5) is 0 Å². The molecule has 3 atom stereocenters. The highest BCUT2D eigenvalue weighted by molar-refractivity contribution is 5.77. The largest absolute Gasteiger partial charge is 0.462 e. The van der Waals surface area contributed by atoms with Crippen molar-refractivity contribution in [3.05, 3.63) is 85.1 Å². The fourth-order valence-electron chi connectivity index (χ4n) is 6.47. The van der Waals surface area contributed by atoms with Crippen LogP contribution < -0.4 is 5.32 Å². The molecule has 0 heterocycles. The summed E-state index contributed by atoms with van der Waals surface area (Å²) in [6.45, 7) is 6.27. The van der Waals surface area contributed by atoms with Gasteiger partial charge < -0.3 is 20.3 Å². The summed E-state index contributed by atoms with van der Waals surface area (Å²) in [5.41, 5.74) is 0. The fraction of sp³-hybridized carbons (Fsp3) is 0.686. The minimum Gasteiger partial charge on any atom is -0.462 e. The summed E-state index contributed by atoms with van der Waals surface area (Å²) in [7, 11) is 0. The standard InChI is InChI=1S/C51H87NO5/c1-4-7-10-13-16-19-21-23-24-25-27-29-32-35-38-41-44-51(56)57-47(42-39-36-33-31-28-26-22-20-17-14-11-8-5-2)45-50(55)52-48(46-53)49(54)43-40-37-34-30-18-15-12-9-6-3/h7,10,16-17,19-20,22-24,26-27,29,35,38,47-49,53-54H,4-6,8-9,11-15,18,21,25,28,30-34,36-37,39-46H2,1-3H3,(H,52,55)/b10-7+,19-16+,20-17+,24-23+,26-22+,29-27+,38-35+. The summed E-state index contributed by atoms with van der Waals surface area (Å²) in [6.07, 6.45) is 56.5. The lowest BCUT2D eigenvalue weighted by Gasteiger charge is -2.24. The van der Waals surface area contributed by atoms with Crippen LogP contribution in [0.15, 0.2) is 85.1 Å². The molecule has 1 amide bonds. The van der Waals surface area contributed by atoms with E-state index in [4.69, 9.17) is 4.74 Å². The van der Waals surface area contributed by atoms with E-state index >= 15 is 0 Å². The highest BCUT2D eigenvalue weighted by Crippen LogP contribution is 2.16. The summed E-state index contributed by atoms with van der Waals surface area (Å²) in [5.74, 6) is -0.603. The van der Waals surface area contributed by atoms with Crippen molar-refractivity contribution in [3.8, 4) is 0 Å². The number of hydrogen-bond acceptors (Lipinski definition) is 5. The zero-order valence-electron chi connectivity index (χ0n) is 36.9. The Balaban J connectivity index is 4.77. The van der Waals surface area contributed by atoms with Crippen molar-refractivity contribution in [1.82, 2.24) is 5.32 Å². The quantitative estimate of drug-likeness (QED) is 0.0248. The highest BCUT2D eigenvalue weighted by atomic mass is 16.5. The molecule has 0 fully saturated rings. The third kappa shape index (κ3) is 39.6. The molecule has 3 unspecified atom stereocenters. The molecule has 0 saturated heterocycles. The average Bonchev–Trinajstić information content (AvgIpc) is 3.20. The number of amides is 1. The second-order valence-corrected chi connectivity index (χ2v) is 15.4. The molecule has 0 aliphatic heterocycles. The molecule has 6 heteroatoms. The number of aliphatic hydroxyl groups is 2. The topological polar surface area (TPSA) is 95.9 Å². The maximum absolute atomic E-state index is 13.1. The monoisotopic (exact) mass is 794 g/mol. The molecule has 0 aliphatic carbocycles. The van der Waals surface area contributed by atoms with Crippen LogP contribution in [0.1, 0.15) is 201 Å². The smallest absolute Gasteiger partial charge is 0.306 e. The third-order valence-corrected chi connectivity index (χ3v) is 10.00. The molecule has 6 nitrogen and oxygen atoms in total. The molecule has 57 heavy (non-hydrogen) atoms. The minimum absolute atomic E-state index is 0.0298. The van der Waals surface area contributed by atoms with E-state index in [1.54, 1.807) is 0 Å². The third-order valence-electron chi connectivity index (χ3n) is 10.00. The van der Waals surface area contributed by atoms with Gasteiger partial charge in [0.1, 0.15) is 6.10 Å². The van der Waals surface area contributed by atoms with Gasteiger partial charge in [-0.1, -0.05) is 189 Å². The van der Waals surface area contributed by atoms with Gasteiger partial charge >= 0.3 is 5.97 Å². The Labute approximate surface area is 351 Å². The normalized spacial score (nSPS) is 14.1. The fourth-order valence-corrected chi connectivity index (χ4v) is 6.47. The average molecular weight is 794 g/mol. The first-order valence-corrected chi connectivity index (χ1v) is 23.3. The SMILES string of the molecule is CC/C=C/C/C=C/C/C=C/C/C=C/C/C=C/CCC(=O)OC(CCCCCC/C=C/C=C/CCCCC)CC(=O)NC(CO)C(O)CCCCCCCCCCC. The predicted octanol–water partition coefficient (Wildman–Crippen LogP) is 13.6. The Bertz CT molecular complexity index is 1120. The van der Waals surface area contributed by atoms with Gasteiger partial charge in [-0.25, -0.2) is 0 Å². The number of unbranched alkanes of at least 4 members (excludes halogenated alkanes) is 15. The summed E-state index contributed by atoms with van der Waals surface area (Å²) < 4.78 is 5.85. The summed E-state index contributed by atoms with van der Waals surface area (Å²) >= 11 is 0. The van der Waals surface area contributed by atoms with Crippen LogP contribution in [0.25, 0.3) is 0 Å². The van der Waals surface area contributed by atoms with Gasteiger partial charge in [0.2, 0.25) is 5.91 Å². The Morgan fingerprint density at radius 2 is 1.00 bits per heavy atom. The number of aliphatic hydroxyl groups excluding tert-OH is 2. The number of ether oxygens (including phenoxy) is 1. The summed E-state index contributed by atoms with van der Waals surface area (Å²) in [6, 6.07) is -0.725. The van der Waals surface area contributed by atoms with Gasteiger partial charge in [0.15, 0.2) is 0 Å². The Morgan fingerprint density at radius 1 is 0.544 bits per heavy atom. The van der Waals surface area contributed by atoms with Gasteiger partial charge in [0.05, 0.1) is 25.2 Å². The van der Waals surface area contributed by atoms with Crippen molar-refractivity contribution in [3.63, 3.8) is 0 Å². The van der Waals surface area contributed by atoms with Gasteiger partial charge in [0.25, 0.3) is 0 Å². The van der Waals surface area contributed by atoms with Crippen LogP contribution in [0.3, 0.4) is 0 Å². The molecule has 0 aliphatic rings. The van der Waals surface area contributed by atoms with Crippen molar-refractivity contribution < 1.29 is 24.5 Å². The van der Waals surface area contributed by atoms with E-state index in [1.807, 2.05) is 6.08 Å². The Morgan fingerprint density at radius 3 is 1.54 bits per heavy atom. The highest BCUT2D eigenvalue weighted by Gasteiger charge is 2.24. The van der Waals surface area contributed by atoms with Crippen molar-refractivity contribution in [2.24, 2.45) is 0 Å². The van der Waals surface area contributed by atoms with Gasteiger partial charge in [0, 0.05) is 6.42 Å². The second-order valence-electron chi connectivity index (χ2n) is 15.4. The molecule has 326 valence electrons. The lowest BCUT2D eigenvalue weighted by atomic mass is 10.0. The molecule has 0 saturated carbocycles. The Kier molecular flexibility index (Phi) is 41.9. The number of nitrogens with one attached hydrogen (secondary N) is 1. The van der Waals surface area contributed by atoms with E-state index in [9.17, 15) is 19.8 Å². The minimum atomic E-state index is -0.807. The number of esters is 1. The van der Waals surface area contributed by atoms with E-state index in [1.165, 1.54) is 57.8 Å². The first-order valence-electron chi connectivity index (χ1n) is 23.3. The van der Waals surface area contributed by atoms with Crippen molar-refractivity contribution in [1.29, 1.82) is 0 Å². The first kappa shape index (κ1) is 54.0. The molecular weight excluding hydrogens is 707 g/mol. The molecule has 0 aromatic carbocycles. The van der Waals surface area contributed by atoms with Crippen molar-refractivity contribution in [2.45, 2.75) is 219 Å². The van der Waals surface area contributed by atoms with Gasteiger partial charge in [-0.05, 0) is 83.5 Å². The molecule has 3 N–H and O–H groups in total. The maximum atomic E-state index is 13.1. The van der Waals surface area contributed by atoms with Crippen LogP contribution in [0.2, 0.25) is 0 Å². The van der Waals surface area contributed by atoms with E-state index in [2.05, 4.69) is 105 Å². The van der Waals surface area contributed by atoms with Crippen LogP contribution in [0, 0.1) is 0 Å². The Hall–Kier alpha value is -2.96. The van der Waals surface area contributed by atoms with Crippen molar-refractivity contribution >= 4 is 11.9 Å². The first-order chi connectivity index (χ1) is 28.0. The molecule has 0 aromatic heterocycles. The zero-order chi connectivity index (χ0) is 41.7. The molecular formula is C51H87NO5. The van der Waals surface area contributed by atoms with Crippen LogP contribution in [-0.4, -0.2) is 46.9 Å². The lowest BCUT2D eigenvalue weighted by molar-refractivity contribution is -0.150. The zero-order valence-corrected chi connectivity index (χ0v) is 36.9. The van der Waals surface area contributed by atoms with Crippen LogP contribution in [0.5, 0.6) is 0 Å². The van der Waals surface area contributed by atoms with Gasteiger partial charge in [-0.15, -0.1) is 0 Å². The molecule has 0 aromatic rings. The van der Waals surface area contributed by atoms with Crippen molar-refractivity contribution in [2.75, 3.05) is 6.61 Å². The number of carbonyl (C=O) groups is 2. The number of allylic oxidation sites excluding steroid dienone is 14. The van der Waals surface area contributed by atoms with Gasteiger partial charge in [-0.3, -0.25) is 9.59 Å². The van der Waals surface area contributed by atoms with Crippen LogP contribution >= 0.6 is 0 Å². The maximum Gasteiger partial charge on any atom is 0.306 e.